The van der Waals surface area contributed by atoms with Gasteiger partial charge in [0.15, 0.2) is 0 Å². The highest BCUT2D eigenvalue weighted by Gasteiger charge is 2.05. The van der Waals surface area contributed by atoms with Gasteiger partial charge in [0.25, 0.3) is 0 Å². The Bertz CT molecular complexity index is 505. The maximum atomic E-state index is 9.44. The van der Waals surface area contributed by atoms with Crippen LogP contribution in [0.15, 0.2) is 42.7 Å². The molecule has 2 rings (SSSR count). The molecule has 0 saturated heterocycles. The lowest BCUT2D eigenvalue weighted by Crippen LogP contribution is -2.17. The van der Waals surface area contributed by atoms with Crippen LogP contribution in [0.3, 0.4) is 0 Å². The molecule has 3 heteroatoms. The van der Waals surface area contributed by atoms with Crippen molar-refractivity contribution in [3.63, 3.8) is 0 Å². The van der Waals surface area contributed by atoms with Gasteiger partial charge in [-0.15, -0.1) is 0 Å². The van der Waals surface area contributed by atoms with Crippen molar-refractivity contribution >= 4 is 0 Å². The number of hydrogen-bond donors (Lipinski definition) is 2. The second-order valence-electron chi connectivity index (χ2n) is 4.57. The molecule has 1 unspecified atom stereocenters. The first kappa shape index (κ1) is 12.7. The third-order valence-corrected chi connectivity index (χ3v) is 3.06. The summed E-state index contributed by atoms with van der Waals surface area (Å²) < 4.78 is 2.14. The predicted molar refractivity (Wildman–Crippen MR) is 73.7 cm³/mol. The molecule has 0 radical (unpaired) electrons. The van der Waals surface area contributed by atoms with Crippen molar-refractivity contribution < 1.29 is 5.11 Å². The molecule has 0 amide bonds. The van der Waals surface area contributed by atoms with Gasteiger partial charge in [-0.3, -0.25) is 0 Å². The Morgan fingerprint density at radius 3 is 2.89 bits per heavy atom. The molecule has 1 atom stereocenters. The highest BCUT2D eigenvalue weighted by Crippen LogP contribution is 2.15. The van der Waals surface area contributed by atoms with Gasteiger partial charge in [0.2, 0.25) is 0 Å². The minimum Gasteiger partial charge on any atom is -0.508 e. The van der Waals surface area contributed by atoms with Gasteiger partial charge >= 0.3 is 0 Å². The highest BCUT2D eigenvalue weighted by atomic mass is 16.3. The molecule has 1 aromatic carbocycles. The smallest absolute Gasteiger partial charge is 0.115 e. The lowest BCUT2D eigenvalue weighted by molar-refractivity contribution is 0.474. The van der Waals surface area contributed by atoms with Gasteiger partial charge in [0, 0.05) is 25.0 Å². The Balaban J connectivity index is 2.06. The number of hydrogen-bond acceptors (Lipinski definition) is 2. The fourth-order valence-electron chi connectivity index (χ4n) is 2.10. The van der Waals surface area contributed by atoms with Crippen LogP contribution in [0.2, 0.25) is 0 Å². The van der Waals surface area contributed by atoms with E-state index >= 15 is 0 Å². The van der Waals surface area contributed by atoms with Crippen molar-refractivity contribution in [3.05, 3.63) is 53.9 Å². The summed E-state index contributed by atoms with van der Waals surface area (Å²) in [6.45, 7) is 6.03. The van der Waals surface area contributed by atoms with Crippen LogP contribution < -0.4 is 5.32 Å². The summed E-state index contributed by atoms with van der Waals surface area (Å²) in [6.07, 6.45) is 4.23. The molecule has 1 aromatic heterocycles. The number of aromatic nitrogens is 1. The van der Waals surface area contributed by atoms with Crippen molar-refractivity contribution in [2.75, 3.05) is 6.54 Å². The second kappa shape index (κ2) is 5.74. The lowest BCUT2D eigenvalue weighted by Gasteiger charge is -2.10. The van der Waals surface area contributed by atoms with Crippen LogP contribution in [-0.4, -0.2) is 16.2 Å². The molecule has 0 spiro atoms. The molecule has 0 aliphatic heterocycles. The maximum Gasteiger partial charge on any atom is 0.115 e. The van der Waals surface area contributed by atoms with Gasteiger partial charge in [0.05, 0.1) is 0 Å². The molecule has 1 heterocycles. The first-order chi connectivity index (χ1) is 8.69. The zero-order valence-electron chi connectivity index (χ0n) is 10.9. The van der Waals surface area contributed by atoms with E-state index in [2.05, 4.69) is 42.2 Å². The zero-order chi connectivity index (χ0) is 13.0. The average molecular weight is 244 g/mol. The fraction of sp³-hybridized carbons (Fsp3) is 0.333. The van der Waals surface area contributed by atoms with E-state index in [4.69, 9.17) is 0 Å². The number of nitrogens with zero attached hydrogens (tertiary/aromatic N) is 1. The van der Waals surface area contributed by atoms with Crippen molar-refractivity contribution in [1.82, 2.24) is 9.88 Å². The Hall–Kier alpha value is -1.74. The van der Waals surface area contributed by atoms with Crippen LogP contribution in [0.1, 0.15) is 31.0 Å². The summed E-state index contributed by atoms with van der Waals surface area (Å²) >= 11 is 0. The molecule has 96 valence electrons. The van der Waals surface area contributed by atoms with Crippen LogP contribution in [0.25, 0.3) is 0 Å². The Kier molecular flexibility index (Phi) is 4.05. The van der Waals surface area contributed by atoms with E-state index in [1.807, 2.05) is 12.1 Å². The SMILES string of the molecule is CCNC(C)c1ccn(Cc2cccc(O)c2)c1. The van der Waals surface area contributed by atoms with Gasteiger partial charge in [-0.1, -0.05) is 19.1 Å². The minimum atomic E-state index is 0.320. The summed E-state index contributed by atoms with van der Waals surface area (Å²) in [5.41, 5.74) is 2.39. The third kappa shape index (κ3) is 3.14. The van der Waals surface area contributed by atoms with E-state index < -0.39 is 0 Å². The number of rotatable bonds is 5. The van der Waals surface area contributed by atoms with E-state index in [1.54, 1.807) is 12.1 Å². The largest absolute Gasteiger partial charge is 0.508 e. The van der Waals surface area contributed by atoms with Gasteiger partial charge in [0.1, 0.15) is 5.75 Å². The van der Waals surface area contributed by atoms with Crippen LogP contribution in [0.4, 0.5) is 0 Å². The number of benzene rings is 1. The predicted octanol–water partition coefficient (Wildman–Crippen LogP) is 2.91. The molecule has 3 nitrogen and oxygen atoms in total. The molecular weight excluding hydrogens is 224 g/mol. The van der Waals surface area contributed by atoms with Gasteiger partial charge in [-0.05, 0) is 42.8 Å². The van der Waals surface area contributed by atoms with Gasteiger partial charge in [-0.25, -0.2) is 0 Å². The molecule has 0 saturated carbocycles. The molecule has 0 aliphatic rings. The van der Waals surface area contributed by atoms with E-state index in [0.29, 0.717) is 11.8 Å². The summed E-state index contributed by atoms with van der Waals surface area (Å²) in [6, 6.07) is 9.89. The van der Waals surface area contributed by atoms with Crippen LogP contribution >= 0.6 is 0 Å². The minimum absolute atomic E-state index is 0.320. The van der Waals surface area contributed by atoms with E-state index in [0.717, 1.165) is 18.7 Å². The van der Waals surface area contributed by atoms with Crippen LogP contribution in [0, 0.1) is 0 Å². The number of nitrogens with one attached hydrogen (secondary N) is 1. The van der Waals surface area contributed by atoms with E-state index in [-0.39, 0.29) is 0 Å². The summed E-state index contributed by atoms with van der Waals surface area (Å²) in [5.74, 6) is 0.320. The summed E-state index contributed by atoms with van der Waals surface area (Å²) in [5, 5.41) is 12.8. The van der Waals surface area contributed by atoms with Crippen molar-refractivity contribution in [2.24, 2.45) is 0 Å². The third-order valence-electron chi connectivity index (χ3n) is 3.06. The van der Waals surface area contributed by atoms with E-state index in [9.17, 15) is 5.11 Å². The summed E-state index contributed by atoms with van der Waals surface area (Å²) in [7, 11) is 0. The second-order valence-corrected chi connectivity index (χ2v) is 4.57. The number of phenolic OH excluding ortho intramolecular Hbond substituents is 1. The van der Waals surface area contributed by atoms with Crippen LogP contribution in [-0.2, 0) is 6.54 Å². The van der Waals surface area contributed by atoms with E-state index in [1.165, 1.54) is 5.56 Å². The molecule has 2 N–H and O–H groups in total. The Labute approximate surface area is 108 Å². The molecule has 18 heavy (non-hydrogen) atoms. The quantitative estimate of drug-likeness (QED) is 0.848. The fourth-order valence-corrected chi connectivity index (χ4v) is 2.10. The van der Waals surface area contributed by atoms with Gasteiger partial charge in [-0.2, -0.15) is 0 Å². The lowest BCUT2D eigenvalue weighted by atomic mass is 10.2. The van der Waals surface area contributed by atoms with Crippen molar-refractivity contribution in [2.45, 2.75) is 26.4 Å². The first-order valence-electron chi connectivity index (χ1n) is 6.36. The molecule has 0 bridgehead atoms. The number of phenols is 1. The maximum absolute atomic E-state index is 9.44. The first-order valence-corrected chi connectivity index (χ1v) is 6.36. The number of aromatic hydroxyl groups is 1. The molecule has 0 aliphatic carbocycles. The standard InChI is InChI=1S/C15H20N2O/c1-3-16-12(2)14-7-8-17(11-14)10-13-5-4-6-15(18)9-13/h4-9,11-12,16,18H,3,10H2,1-2H3. The topological polar surface area (TPSA) is 37.2 Å². The molecular formula is C15H20N2O. The molecule has 0 fully saturated rings. The molecule has 2 aromatic rings. The van der Waals surface area contributed by atoms with Gasteiger partial charge < -0.3 is 15.0 Å². The summed E-state index contributed by atoms with van der Waals surface area (Å²) in [4.78, 5) is 0. The van der Waals surface area contributed by atoms with Crippen molar-refractivity contribution in [1.29, 1.82) is 0 Å². The Morgan fingerprint density at radius 1 is 1.33 bits per heavy atom. The average Bonchev–Trinajstić information content (AvgIpc) is 2.78. The van der Waals surface area contributed by atoms with Crippen molar-refractivity contribution in [3.8, 4) is 5.75 Å². The monoisotopic (exact) mass is 244 g/mol. The highest BCUT2D eigenvalue weighted by molar-refractivity contribution is 5.27. The zero-order valence-corrected chi connectivity index (χ0v) is 10.9. The van der Waals surface area contributed by atoms with Crippen LogP contribution in [0.5, 0.6) is 5.75 Å². The Morgan fingerprint density at radius 2 is 2.17 bits per heavy atom. The normalized spacial score (nSPS) is 12.6.